The number of aliphatic hydroxyl groups is 18. The van der Waals surface area contributed by atoms with Gasteiger partial charge >= 0.3 is 7.82 Å². The summed E-state index contributed by atoms with van der Waals surface area (Å²) in [6.45, 7) is -3.34. The van der Waals surface area contributed by atoms with Gasteiger partial charge in [-0.2, -0.15) is 0 Å². The third-order valence-electron chi connectivity index (χ3n) is 17.4. The number of likely N-dealkylation sites (N-methyl/N-ethyl adjacent to an activating group) is 1. The molecule has 7 aliphatic heterocycles. The van der Waals surface area contributed by atoms with Crippen molar-refractivity contribution in [2.45, 2.75) is 242 Å². The molecule has 580 valence electrons. The maximum Gasteiger partial charge on any atom is 0.472 e. The molecule has 7 rings (SSSR count). The van der Waals surface area contributed by atoms with Crippen molar-refractivity contribution >= 4 is 31.5 Å². The zero-order chi connectivity index (χ0) is 74.3. The minimum atomic E-state index is -4.88. The fraction of sp³-hybridized carbons (Fsp3) is 0.927. The highest BCUT2D eigenvalue weighted by Crippen LogP contribution is 2.44. The lowest BCUT2D eigenvalue weighted by Gasteiger charge is -2.51. The predicted molar refractivity (Wildman–Crippen MR) is 316 cm³/mol. The smallest absolute Gasteiger partial charge is 0.394 e. The van der Waals surface area contributed by atoms with E-state index in [0.29, 0.717) is 4.48 Å². The molecule has 100 heavy (non-hydrogen) atoms. The van der Waals surface area contributed by atoms with Crippen LogP contribution in [0, 0.1) is 0 Å². The van der Waals surface area contributed by atoms with E-state index in [1.54, 1.807) is 21.1 Å². The lowest BCUT2D eigenvalue weighted by atomic mass is 9.93. The predicted octanol–water partition coefficient (Wildman–Crippen LogP) is -14.9. The number of nitrogens with zero attached hydrogens (tertiary/aromatic N) is 1. The monoisotopic (exact) mass is 1480 g/mol. The van der Waals surface area contributed by atoms with Crippen molar-refractivity contribution in [1.29, 1.82) is 0 Å². The van der Waals surface area contributed by atoms with Crippen molar-refractivity contribution in [1.82, 2.24) is 21.3 Å². The molecule has 4 amide bonds. The molecular weight excluding hydrogens is 1390 g/mol. The van der Waals surface area contributed by atoms with Crippen molar-refractivity contribution in [3.63, 3.8) is 0 Å². The van der Waals surface area contributed by atoms with Crippen LogP contribution in [0.1, 0.15) is 27.7 Å². The molecular formula is C55H97N5O39P+. The van der Waals surface area contributed by atoms with Crippen molar-refractivity contribution in [3.8, 4) is 0 Å². The lowest BCUT2D eigenvalue weighted by molar-refractivity contribution is -0.870. The minimum Gasteiger partial charge on any atom is -0.394 e. The summed E-state index contributed by atoms with van der Waals surface area (Å²) in [6, 6.07) is -7.13. The number of carbonyl (C=O) groups excluding carboxylic acids is 4. The van der Waals surface area contributed by atoms with Crippen LogP contribution in [0.3, 0.4) is 0 Å². The summed E-state index contributed by atoms with van der Waals surface area (Å²) >= 11 is 0. The molecule has 0 aromatic rings. The van der Waals surface area contributed by atoms with Crippen LogP contribution in [0.15, 0.2) is 0 Å². The van der Waals surface area contributed by atoms with Gasteiger partial charge in [0.15, 0.2) is 44.0 Å². The molecule has 0 aliphatic carbocycles. The number of rotatable bonds is 29. The molecule has 0 aromatic heterocycles. The Morgan fingerprint density at radius 1 is 0.360 bits per heavy atom. The van der Waals surface area contributed by atoms with E-state index < -0.39 is 292 Å². The van der Waals surface area contributed by atoms with Crippen LogP contribution in [-0.2, 0) is 94.4 Å². The van der Waals surface area contributed by atoms with E-state index in [9.17, 15) is 121 Å². The molecule has 7 fully saturated rings. The summed E-state index contributed by atoms with van der Waals surface area (Å²) in [5.74, 6) is -3.43. The van der Waals surface area contributed by atoms with Gasteiger partial charge in [0.2, 0.25) is 23.6 Å². The molecule has 0 spiro atoms. The highest BCUT2D eigenvalue weighted by molar-refractivity contribution is 7.47. The zero-order valence-corrected chi connectivity index (χ0v) is 56.0. The van der Waals surface area contributed by atoms with Gasteiger partial charge in [0.05, 0.1) is 67.4 Å². The molecule has 7 saturated heterocycles. The van der Waals surface area contributed by atoms with Gasteiger partial charge in [-0.25, -0.2) is 4.57 Å². The van der Waals surface area contributed by atoms with Gasteiger partial charge in [0.25, 0.3) is 0 Å². The van der Waals surface area contributed by atoms with Crippen LogP contribution < -0.4 is 21.3 Å². The highest BCUT2D eigenvalue weighted by atomic mass is 31.2. The summed E-state index contributed by atoms with van der Waals surface area (Å²) in [6.07, 6.45) is -63.0. The molecule has 1 unspecified atom stereocenters. The molecule has 0 bridgehead atoms. The highest BCUT2D eigenvalue weighted by Gasteiger charge is 2.59. The molecule has 23 N–H and O–H groups in total. The van der Waals surface area contributed by atoms with Gasteiger partial charge in [0, 0.05) is 27.7 Å². The molecule has 0 saturated carbocycles. The van der Waals surface area contributed by atoms with Crippen LogP contribution >= 0.6 is 7.82 Å². The number of quaternary nitrogens is 1. The number of amides is 4. The number of nitrogens with one attached hydrogen (secondary N) is 4. The SMILES string of the molecule is CC(=O)N[C@@H]1[C@@H](O)[C@H](O[C@@H]2O[C@H](CO)[C@@H](O[C@@H]3O[C@H](CO[C@H]4O[C@H](CO)[C@@H](O)[C@H](O)[C@@H]4O)[C@@H](O)[C@H](O[C@H]4O[C@H](CO)[C@@H](O)[C@H](O)[C@@H]4O[C@@H]4O[C@H](CO)[C@@H](O[C@@H]5O[C@H](COP(=O)(O)OCC[N+](C)(C)C)[C@H](O)[C@H](O)[C@H]5NC(C)=O)[C@H](O)[C@H]4NC(C)=O)[C@@H]3O)[C@H](O)[C@H]2NC(C)=O)[C@@H](CO)O[C@H]1O. The third kappa shape index (κ3) is 20.4. The average Bonchev–Trinajstić information content (AvgIpc) is 0.770. The number of phosphoric acid groups is 1. The van der Waals surface area contributed by atoms with Gasteiger partial charge in [-0.3, -0.25) is 28.2 Å². The normalized spacial score (nSPS) is 44.9. The molecule has 45 heteroatoms. The standard InChI is InChI=1S/C55H96N5O39P/c1-17(66)56-28-37(75)44(23(12-63)88-49(28)82)95-51-30(58-19(3)68)39(77)46(25(14-65)91-51)97-54-43(81)47(35(73)26(94-54)15-85-53-42(80)40(78)32(70)21(10-61)89-53)98-55-48(41(79)33(71)22(11-62)90-55)99-52-31(59-20(4)69)38(76)45(24(13-64)92-52)96-50-29(57-18(2)67)36(74)34(72)27(93-50)16-87-100(83,84)86-9-8-60(5,6)7/h21-55,61-65,70-82H,8-16H2,1-7H3,(H4-,56,57,58,59,66,67,68,69,83,84)/p+1/t21-,22-,23-,24-,25-,26-,27-,28-,29-,30-,31-,32-,33-,34+,35-,36-,37-,38-,39-,40+,41+,42+,43+,44-,45-,46-,47+,48+,49-,50+,51+,52+,53+,54+,55-/m1/s1. The van der Waals surface area contributed by atoms with E-state index in [4.69, 9.17) is 70.6 Å². The van der Waals surface area contributed by atoms with Crippen LogP contribution in [0.2, 0.25) is 0 Å². The van der Waals surface area contributed by atoms with Gasteiger partial charge in [-0.15, -0.1) is 0 Å². The third-order valence-corrected chi connectivity index (χ3v) is 18.4. The van der Waals surface area contributed by atoms with Crippen molar-refractivity contribution < 1.29 is 196 Å². The van der Waals surface area contributed by atoms with Crippen LogP contribution in [-0.4, -0.2) is 420 Å². The second-order valence-corrected chi connectivity index (χ2v) is 27.4. The van der Waals surface area contributed by atoms with E-state index in [2.05, 4.69) is 21.3 Å². The Hall–Kier alpha value is -3.29. The van der Waals surface area contributed by atoms with Gasteiger partial charge in [-0.1, -0.05) is 0 Å². The Morgan fingerprint density at radius 3 is 1.19 bits per heavy atom. The Kier molecular flexibility index (Phi) is 30.5. The average molecular weight is 1480 g/mol. The maximum absolute atomic E-state index is 13.0. The number of phosphoric ester groups is 1. The summed E-state index contributed by atoms with van der Waals surface area (Å²) in [4.78, 5) is 60.8. The molecule has 36 atom stereocenters. The topological polar surface area (TPSA) is 656 Å². The Morgan fingerprint density at radius 2 is 0.720 bits per heavy atom. The van der Waals surface area contributed by atoms with E-state index in [1.807, 2.05) is 0 Å². The molecule has 0 radical (unpaired) electrons. The van der Waals surface area contributed by atoms with Crippen LogP contribution in [0.4, 0.5) is 0 Å². The summed E-state index contributed by atoms with van der Waals surface area (Å²) in [7, 11) is 0.442. The van der Waals surface area contributed by atoms with Gasteiger partial charge in [0.1, 0.15) is 184 Å². The van der Waals surface area contributed by atoms with Crippen LogP contribution in [0.5, 0.6) is 0 Å². The zero-order valence-electron chi connectivity index (χ0n) is 55.1. The maximum atomic E-state index is 13.0. The largest absolute Gasteiger partial charge is 0.472 e. The molecule has 44 nitrogen and oxygen atoms in total. The van der Waals surface area contributed by atoms with Crippen LogP contribution in [0.25, 0.3) is 0 Å². The molecule has 7 aliphatic rings. The summed E-state index contributed by atoms with van der Waals surface area (Å²) < 4.78 is 100. The first-order chi connectivity index (χ1) is 46.9. The van der Waals surface area contributed by atoms with Crippen molar-refractivity contribution in [2.75, 3.05) is 80.5 Å². The number of hydrogen-bond donors (Lipinski definition) is 23. The quantitative estimate of drug-likeness (QED) is 0.0244. The van der Waals surface area contributed by atoms with Crippen molar-refractivity contribution in [3.05, 3.63) is 0 Å². The van der Waals surface area contributed by atoms with E-state index >= 15 is 0 Å². The van der Waals surface area contributed by atoms with E-state index in [0.717, 1.165) is 27.7 Å². The van der Waals surface area contributed by atoms with Gasteiger partial charge < -0.3 is 184 Å². The number of carbonyl (C=O) groups is 4. The number of hydrogen-bond acceptors (Lipinski definition) is 38. The Labute approximate surface area is 570 Å². The Balaban J connectivity index is 1.19. The van der Waals surface area contributed by atoms with Gasteiger partial charge in [-0.05, 0) is 0 Å². The number of aliphatic hydroxyl groups excluding tert-OH is 18. The fourth-order valence-corrected chi connectivity index (χ4v) is 12.8. The Bertz CT molecular complexity index is 2670. The van der Waals surface area contributed by atoms with Crippen molar-refractivity contribution in [2.24, 2.45) is 0 Å². The molecule has 7 heterocycles. The first-order valence-corrected chi connectivity index (χ1v) is 33.3. The first-order valence-electron chi connectivity index (χ1n) is 31.8. The summed E-state index contributed by atoms with van der Waals surface area (Å²) in [5.41, 5.74) is 0. The summed E-state index contributed by atoms with van der Waals surface area (Å²) in [5, 5.41) is 210. The fourth-order valence-electron chi connectivity index (χ4n) is 12.1. The second-order valence-electron chi connectivity index (χ2n) is 26.0. The van der Waals surface area contributed by atoms with E-state index in [1.165, 1.54) is 0 Å². The first kappa shape index (κ1) is 84.0. The second kappa shape index (κ2) is 36.3. The number of ether oxygens (including phenoxy) is 13. The van der Waals surface area contributed by atoms with E-state index in [-0.39, 0.29) is 13.2 Å². The molecule has 0 aromatic carbocycles. The lowest BCUT2D eigenvalue weighted by Crippen LogP contribution is -2.71. The minimum absolute atomic E-state index is 0.243.